The van der Waals surface area contributed by atoms with E-state index in [-0.39, 0.29) is 18.1 Å². The second kappa shape index (κ2) is 9.09. The number of fused-ring (bicyclic) bond motifs is 1. The Balaban J connectivity index is 1.28. The molecule has 1 fully saturated rings. The largest absolute Gasteiger partial charge is 0.375 e. The topological polar surface area (TPSA) is 59.4 Å². The van der Waals surface area contributed by atoms with E-state index in [0.717, 1.165) is 38.9 Å². The molecular formula is C23H32N4O2. The number of nitrogens with zero attached hydrogens (tertiary/aromatic N) is 3. The first kappa shape index (κ1) is 20.1. The Hall–Kier alpha value is -2.18. The molecule has 29 heavy (non-hydrogen) atoms. The maximum absolute atomic E-state index is 12.7. The molecule has 4 rings (SSSR count). The van der Waals surface area contributed by atoms with Crippen molar-refractivity contribution in [1.82, 2.24) is 20.0 Å². The molecule has 6 heteroatoms. The van der Waals surface area contributed by atoms with Gasteiger partial charge in [0.15, 0.2) is 0 Å². The van der Waals surface area contributed by atoms with Crippen molar-refractivity contribution in [2.24, 2.45) is 0 Å². The van der Waals surface area contributed by atoms with Gasteiger partial charge in [-0.25, -0.2) is 0 Å². The van der Waals surface area contributed by atoms with Gasteiger partial charge in [0.1, 0.15) is 0 Å². The Morgan fingerprint density at radius 1 is 1.31 bits per heavy atom. The molecule has 156 valence electrons. The van der Waals surface area contributed by atoms with Crippen LogP contribution in [0, 0.1) is 0 Å². The number of carbonyl (C=O) groups excluding carboxylic acids is 1. The van der Waals surface area contributed by atoms with Crippen LogP contribution in [0.1, 0.15) is 49.6 Å². The number of hydrogen-bond acceptors (Lipinski definition) is 4. The molecule has 0 spiro atoms. The third-order valence-electron chi connectivity index (χ3n) is 5.93. The summed E-state index contributed by atoms with van der Waals surface area (Å²) in [5, 5.41) is 7.77. The first-order chi connectivity index (χ1) is 14.1. The number of benzene rings is 1. The molecule has 0 bridgehead atoms. The number of hydrogen-bond donors (Lipinski definition) is 1. The van der Waals surface area contributed by atoms with Gasteiger partial charge < -0.3 is 10.1 Å². The predicted molar refractivity (Wildman–Crippen MR) is 113 cm³/mol. The van der Waals surface area contributed by atoms with Crippen LogP contribution >= 0.6 is 0 Å². The molecule has 0 radical (unpaired) electrons. The average molecular weight is 397 g/mol. The second-order valence-electron chi connectivity index (χ2n) is 8.58. The molecular weight excluding hydrogens is 364 g/mol. The minimum atomic E-state index is -0.0344. The van der Waals surface area contributed by atoms with Gasteiger partial charge >= 0.3 is 0 Å². The first-order valence-electron chi connectivity index (χ1n) is 10.8. The Labute approximate surface area is 173 Å². The number of morpholine rings is 1. The maximum atomic E-state index is 12.7. The molecule has 1 saturated heterocycles. The summed E-state index contributed by atoms with van der Waals surface area (Å²) in [6.45, 7) is 7.61. The van der Waals surface area contributed by atoms with Gasteiger partial charge in [-0.2, -0.15) is 5.10 Å². The van der Waals surface area contributed by atoms with Crippen LogP contribution in [0.3, 0.4) is 0 Å². The fourth-order valence-electron chi connectivity index (χ4n) is 4.47. The fourth-order valence-corrected chi connectivity index (χ4v) is 4.47. The van der Waals surface area contributed by atoms with Gasteiger partial charge in [-0.1, -0.05) is 30.3 Å². The first-order valence-corrected chi connectivity index (χ1v) is 10.8. The molecule has 0 saturated carbocycles. The summed E-state index contributed by atoms with van der Waals surface area (Å²) in [6.07, 6.45) is 5.22. The molecule has 1 aliphatic carbocycles. The Kier molecular flexibility index (Phi) is 6.31. The number of rotatable bonds is 6. The van der Waals surface area contributed by atoms with Gasteiger partial charge in [0, 0.05) is 43.8 Å². The molecule has 1 amide bonds. The normalized spacial score (nSPS) is 22.4. The van der Waals surface area contributed by atoms with E-state index in [4.69, 9.17) is 4.74 Å². The summed E-state index contributed by atoms with van der Waals surface area (Å²) in [6, 6.07) is 11.0. The molecule has 2 atom stereocenters. The van der Waals surface area contributed by atoms with Crippen LogP contribution < -0.4 is 5.32 Å². The van der Waals surface area contributed by atoms with Crippen LogP contribution in [0.15, 0.2) is 36.5 Å². The van der Waals surface area contributed by atoms with Crippen LogP contribution in [0.25, 0.3) is 0 Å². The van der Waals surface area contributed by atoms with Crippen molar-refractivity contribution in [2.45, 2.75) is 64.3 Å². The zero-order chi connectivity index (χ0) is 20.2. The highest BCUT2D eigenvalue weighted by atomic mass is 16.5. The lowest BCUT2D eigenvalue weighted by Crippen LogP contribution is -2.46. The smallest absolute Gasteiger partial charge is 0.222 e. The van der Waals surface area contributed by atoms with Crippen molar-refractivity contribution < 1.29 is 9.53 Å². The van der Waals surface area contributed by atoms with Crippen molar-refractivity contribution in [3.05, 3.63) is 53.3 Å². The Morgan fingerprint density at radius 2 is 2.14 bits per heavy atom. The third kappa shape index (κ3) is 5.06. The lowest BCUT2D eigenvalue weighted by atomic mass is 9.93. The van der Waals surface area contributed by atoms with Crippen LogP contribution in [0.5, 0.6) is 0 Å². The van der Waals surface area contributed by atoms with E-state index in [2.05, 4.69) is 58.1 Å². The van der Waals surface area contributed by atoms with Crippen molar-refractivity contribution in [1.29, 1.82) is 0 Å². The lowest BCUT2D eigenvalue weighted by Gasteiger charge is -2.33. The number of amides is 1. The third-order valence-corrected chi connectivity index (χ3v) is 5.93. The van der Waals surface area contributed by atoms with E-state index in [9.17, 15) is 4.79 Å². The van der Waals surface area contributed by atoms with Crippen LogP contribution in [0.4, 0.5) is 0 Å². The van der Waals surface area contributed by atoms with E-state index in [1.54, 1.807) is 0 Å². The number of nitrogens with one attached hydrogen (secondary N) is 1. The maximum Gasteiger partial charge on any atom is 0.222 e. The fraction of sp³-hybridized carbons (Fsp3) is 0.565. The monoisotopic (exact) mass is 396 g/mol. The summed E-state index contributed by atoms with van der Waals surface area (Å²) in [5.74, 6) is 0.0978. The molecule has 1 N–H and O–H groups in total. The van der Waals surface area contributed by atoms with Gasteiger partial charge in [-0.15, -0.1) is 0 Å². The van der Waals surface area contributed by atoms with Crippen LogP contribution in [-0.4, -0.2) is 52.4 Å². The number of ether oxygens (including phenoxy) is 1. The highest BCUT2D eigenvalue weighted by Crippen LogP contribution is 2.24. The van der Waals surface area contributed by atoms with Crippen molar-refractivity contribution in [3.63, 3.8) is 0 Å². The van der Waals surface area contributed by atoms with E-state index < -0.39 is 0 Å². The van der Waals surface area contributed by atoms with Crippen LogP contribution in [0.2, 0.25) is 0 Å². The highest BCUT2D eigenvalue weighted by molar-refractivity contribution is 5.76. The standard InChI is InChI=1S/C23H32N4O2/c1-17(2)27-22-12-20(9-8-19(22)14-24-27)25-23(28)13-21-16-26(10-11-29-21)15-18-6-4-3-5-7-18/h3-7,14,17,20-21H,8-13,15-16H2,1-2H3,(H,25,28)/t20-,21-/m1/s1. The highest BCUT2D eigenvalue weighted by Gasteiger charge is 2.27. The van der Waals surface area contributed by atoms with Gasteiger partial charge in [-0.3, -0.25) is 14.4 Å². The summed E-state index contributed by atoms with van der Waals surface area (Å²) in [7, 11) is 0. The molecule has 1 aromatic carbocycles. The minimum absolute atomic E-state index is 0.0344. The predicted octanol–water partition coefficient (Wildman–Crippen LogP) is 2.73. The van der Waals surface area contributed by atoms with Crippen molar-refractivity contribution in [2.75, 3.05) is 19.7 Å². The number of aryl methyl sites for hydroxylation is 1. The Morgan fingerprint density at radius 3 is 2.93 bits per heavy atom. The van der Waals surface area contributed by atoms with E-state index in [0.29, 0.717) is 19.1 Å². The lowest BCUT2D eigenvalue weighted by molar-refractivity contribution is -0.126. The van der Waals surface area contributed by atoms with Crippen LogP contribution in [-0.2, 0) is 28.9 Å². The molecule has 2 heterocycles. The van der Waals surface area contributed by atoms with Gasteiger partial charge in [0.25, 0.3) is 0 Å². The molecule has 1 aliphatic heterocycles. The SMILES string of the molecule is CC(C)n1ncc2c1C[C@H](NC(=O)C[C@@H]1CN(Cc3ccccc3)CCO1)CC2. The molecule has 6 nitrogen and oxygen atoms in total. The zero-order valence-electron chi connectivity index (χ0n) is 17.5. The minimum Gasteiger partial charge on any atom is -0.375 e. The molecule has 1 aromatic heterocycles. The number of aromatic nitrogens is 2. The van der Waals surface area contributed by atoms with Crippen molar-refractivity contribution in [3.8, 4) is 0 Å². The number of carbonyl (C=O) groups is 1. The van der Waals surface area contributed by atoms with Gasteiger partial charge in [0.2, 0.25) is 5.91 Å². The molecule has 0 unspecified atom stereocenters. The van der Waals surface area contributed by atoms with Gasteiger partial charge in [-0.05, 0) is 37.8 Å². The average Bonchev–Trinajstić information content (AvgIpc) is 3.12. The summed E-state index contributed by atoms with van der Waals surface area (Å²) >= 11 is 0. The van der Waals surface area contributed by atoms with E-state index >= 15 is 0 Å². The van der Waals surface area contributed by atoms with E-state index in [1.165, 1.54) is 16.8 Å². The molecule has 2 aliphatic rings. The molecule has 2 aromatic rings. The Bertz CT molecular complexity index is 818. The van der Waals surface area contributed by atoms with Crippen molar-refractivity contribution >= 4 is 5.91 Å². The summed E-state index contributed by atoms with van der Waals surface area (Å²) in [4.78, 5) is 15.1. The quantitative estimate of drug-likeness (QED) is 0.816. The van der Waals surface area contributed by atoms with Gasteiger partial charge in [0.05, 0.1) is 25.3 Å². The zero-order valence-corrected chi connectivity index (χ0v) is 17.5. The summed E-state index contributed by atoms with van der Waals surface area (Å²) < 4.78 is 7.98. The second-order valence-corrected chi connectivity index (χ2v) is 8.58. The van der Waals surface area contributed by atoms with E-state index in [1.807, 2.05) is 12.3 Å². The summed E-state index contributed by atoms with van der Waals surface area (Å²) in [5.41, 5.74) is 3.91.